The molecule has 0 aliphatic rings. The summed E-state index contributed by atoms with van der Waals surface area (Å²) >= 11 is 0. The Balaban J connectivity index is 2.92. The van der Waals surface area contributed by atoms with Gasteiger partial charge in [-0.1, -0.05) is 38.7 Å². The van der Waals surface area contributed by atoms with Crippen LogP contribution in [0.3, 0.4) is 0 Å². The molecule has 0 aliphatic carbocycles. The first-order chi connectivity index (χ1) is 6.83. The van der Waals surface area contributed by atoms with Gasteiger partial charge < -0.3 is 0 Å². The minimum absolute atomic E-state index is 1.04. The lowest BCUT2D eigenvalue weighted by atomic mass is 10.3. The minimum atomic E-state index is -1.34. The highest BCUT2D eigenvalue weighted by atomic mass is 29.3. The van der Waals surface area contributed by atoms with Gasteiger partial charge in [-0.2, -0.15) is 0 Å². The van der Waals surface area contributed by atoms with Crippen molar-refractivity contribution in [3.05, 3.63) is 30.1 Å². The third-order valence-electron chi connectivity index (χ3n) is 3.06. The highest BCUT2D eigenvalue weighted by Gasteiger charge is 2.35. The molecule has 80 valence electrons. The van der Waals surface area contributed by atoms with Gasteiger partial charge in [0.15, 0.2) is 0 Å². The zero-order valence-electron chi connectivity index (χ0n) is 10.3. The Kier molecular flexibility index (Phi) is 3.53. The van der Waals surface area contributed by atoms with Crippen LogP contribution in [-0.2, 0) is 0 Å². The largest absolute Gasteiger partial charge is 0.263 e. The number of pyridine rings is 1. The van der Waals surface area contributed by atoms with Crippen LogP contribution in [-0.4, -0.2) is 20.2 Å². The van der Waals surface area contributed by atoms with E-state index in [4.69, 9.17) is 0 Å². The van der Waals surface area contributed by atoms with Crippen LogP contribution in [0.5, 0.6) is 0 Å². The summed E-state index contributed by atoms with van der Waals surface area (Å²) in [4.78, 5) is 4.07. The molecule has 0 bridgehead atoms. The Bertz CT molecular complexity index is 380. The second kappa shape index (κ2) is 4.34. The van der Waals surface area contributed by atoms with Gasteiger partial charge >= 0.3 is 0 Å². The van der Waals surface area contributed by atoms with Crippen LogP contribution in [0, 0.1) is 11.5 Å². The van der Waals surface area contributed by atoms with Crippen LogP contribution in [0.25, 0.3) is 0 Å². The number of hydrogen-bond acceptors (Lipinski definition) is 1. The van der Waals surface area contributed by atoms with E-state index < -0.39 is 15.2 Å². The third-order valence-corrected chi connectivity index (χ3v) is 19.2. The first kappa shape index (κ1) is 12.2. The van der Waals surface area contributed by atoms with E-state index in [0.717, 1.165) is 5.56 Å². The van der Waals surface area contributed by atoms with Gasteiger partial charge in [0.1, 0.15) is 7.59 Å². The molecule has 0 spiro atoms. The molecule has 3 heteroatoms. The summed E-state index contributed by atoms with van der Waals surface area (Å²) in [6.45, 7) is 12.0. The van der Waals surface area contributed by atoms with Gasteiger partial charge in [-0.05, 0) is 12.1 Å². The van der Waals surface area contributed by atoms with Crippen LogP contribution in [0.1, 0.15) is 5.56 Å². The van der Waals surface area contributed by atoms with E-state index in [9.17, 15) is 0 Å². The highest BCUT2D eigenvalue weighted by Crippen LogP contribution is 2.17. The molecule has 1 nitrogen and oxygen atoms in total. The van der Waals surface area contributed by atoms with Gasteiger partial charge in [0, 0.05) is 18.0 Å². The molecular formula is C12H19NSi2. The number of aromatic nitrogens is 1. The molecule has 0 atom stereocenters. The highest BCUT2D eigenvalue weighted by molar-refractivity contribution is 7.43. The summed E-state index contributed by atoms with van der Waals surface area (Å²) in [5, 5.41) is 0. The van der Waals surface area contributed by atoms with E-state index in [2.05, 4.69) is 49.2 Å². The van der Waals surface area contributed by atoms with Crippen LogP contribution < -0.4 is 0 Å². The quantitative estimate of drug-likeness (QED) is 0.536. The standard InChI is InChI=1S/C12H19NSi2/c1-14(2,3)15(4,5)10-8-12-7-6-9-13-11-12/h6-7,9,11H,1-5H3. The molecule has 15 heavy (non-hydrogen) atoms. The number of nitrogens with zero attached hydrogens (tertiary/aromatic N) is 1. The van der Waals surface area contributed by atoms with Gasteiger partial charge in [0.25, 0.3) is 0 Å². The topological polar surface area (TPSA) is 12.9 Å². The van der Waals surface area contributed by atoms with E-state index in [-0.39, 0.29) is 0 Å². The van der Waals surface area contributed by atoms with Crippen LogP contribution in [0.4, 0.5) is 0 Å². The average molecular weight is 233 g/mol. The molecule has 1 rings (SSSR count). The second-order valence-corrected chi connectivity index (χ2v) is 21.6. The Morgan fingerprint density at radius 2 is 1.80 bits per heavy atom. The molecule has 0 saturated carbocycles. The predicted molar refractivity (Wildman–Crippen MR) is 71.9 cm³/mol. The van der Waals surface area contributed by atoms with Gasteiger partial charge in [0.05, 0.1) is 7.59 Å². The first-order valence-electron chi connectivity index (χ1n) is 5.26. The van der Waals surface area contributed by atoms with Crippen molar-refractivity contribution in [2.45, 2.75) is 32.7 Å². The fraction of sp³-hybridized carbons (Fsp3) is 0.417. The molecule has 0 unspecified atom stereocenters. The van der Waals surface area contributed by atoms with Crippen LogP contribution in [0.15, 0.2) is 24.5 Å². The molecule has 0 fully saturated rings. The number of hydrogen-bond donors (Lipinski definition) is 0. The Morgan fingerprint density at radius 1 is 1.13 bits per heavy atom. The van der Waals surface area contributed by atoms with Gasteiger partial charge in [-0.25, -0.2) is 0 Å². The molecule has 1 aromatic heterocycles. The molecule has 0 aromatic carbocycles. The van der Waals surface area contributed by atoms with Crippen molar-refractivity contribution < 1.29 is 0 Å². The fourth-order valence-electron chi connectivity index (χ4n) is 0.853. The van der Waals surface area contributed by atoms with E-state index in [1.54, 1.807) is 6.20 Å². The molecule has 0 radical (unpaired) electrons. The van der Waals surface area contributed by atoms with Crippen molar-refractivity contribution in [3.63, 3.8) is 0 Å². The van der Waals surface area contributed by atoms with E-state index in [1.165, 1.54) is 0 Å². The minimum Gasteiger partial charge on any atom is -0.263 e. The molecule has 1 aromatic rings. The fourth-order valence-corrected chi connectivity index (χ4v) is 3.00. The van der Waals surface area contributed by atoms with Crippen molar-refractivity contribution in [2.75, 3.05) is 0 Å². The summed E-state index contributed by atoms with van der Waals surface area (Å²) in [6, 6.07) is 3.96. The third kappa shape index (κ3) is 3.33. The van der Waals surface area contributed by atoms with Gasteiger partial charge in [-0.3, -0.25) is 4.98 Å². The monoisotopic (exact) mass is 233 g/mol. The van der Waals surface area contributed by atoms with Crippen LogP contribution >= 0.6 is 0 Å². The summed E-state index contributed by atoms with van der Waals surface area (Å²) in [6.07, 6.45) is 3.62. The lowest BCUT2D eigenvalue weighted by Gasteiger charge is -2.29. The smallest absolute Gasteiger partial charge is 0.123 e. The van der Waals surface area contributed by atoms with Crippen LogP contribution in [0.2, 0.25) is 32.7 Å². The maximum Gasteiger partial charge on any atom is 0.123 e. The maximum atomic E-state index is 4.07. The van der Waals surface area contributed by atoms with E-state index in [1.807, 2.05) is 18.3 Å². The zero-order chi connectivity index (χ0) is 11.5. The normalized spacial score (nSPS) is 11.8. The summed E-state index contributed by atoms with van der Waals surface area (Å²) in [5.41, 5.74) is 4.56. The zero-order valence-corrected chi connectivity index (χ0v) is 12.3. The Morgan fingerprint density at radius 3 is 2.27 bits per heavy atom. The number of rotatable bonds is 1. The van der Waals surface area contributed by atoms with Crippen molar-refractivity contribution in [1.82, 2.24) is 4.98 Å². The SMILES string of the molecule is C[Si](C)(C)[Si](C)(C)C#Cc1cccnc1. The Labute approximate surface area is 94.8 Å². The molecule has 0 amide bonds. The van der Waals surface area contributed by atoms with Crippen molar-refractivity contribution >= 4 is 15.2 Å². The molecule has 0 saturated heterocycles. The average Bonchev–Trinajstić information content (AvgIpc) is 2.15. The van der Waals surface area contributed by atoms with E-state index >= 15 is 0 Å². The molecule has 0 aliphatic heterocycles. The predicted octanol–water partition coefficient (Wildman–Crippen LogP) is 3.10. The summed E-state index contributed by atoms with van der Waals surface area (Å²) in [5.74, 6) is 3.28. The van der Waals surface area contributed by atoms with Crippen molar-refractivity contribution in [2.24, 2.45) is 0 Å². The van der Waals surface area contributed by atoms with Crippen molar-refractivity contribution in [3.8, 4) is 11.5 Å². The summed E-state index contributed by atoms with van der Waals surface area (Å²) in [7, 11) is -2.43. The molecule has 0 N–H and O–H groups in total. The summed E-state index contributed by atoms with van der Waals surface area (Å²) < 4.78 is 0. The second-order valence-electron chi connectivity index (χ2n) is 5.37. The Hall–Kier alpha value is -0.856. The molecular weight excluding hydrogens is 214 g/mol. The van der Waals surface area contributed by atoms with E-state index in [0.29, 0.717) is 0 Å². The lowest BCUT2D eigenvalue weighted by molar-refractivity contribution is 1.31. The van der Waals surface area contributed by atoms with Gasteiger partial charge in [0.2, 0.25) is 0 Å². The first-order valence-corrected chi connectivity index (χ1v) is 12.8. The lowest BCUT2D eigenvalue weighted by Crippen LogP contribution is -2.51. The maximum absolute atomic E-state index is 4.07. The van der Waals surface area contributed by atoms with Crippen molar-refractivity contribution in [1.29, 1.82) is 0 Å². The molecule has 1 heterocycles. The van der Waals surface area contributed by atoms with Gasteiger partial charge in [-0.15, -0.1) is 5.54 Å².